The van der Waals surface area contributed by atoms with Gasteiger partial charge in [-0.3, -0.25) is 0 Å². The number of nitrogens with zero attached hydrogens (tertiary/aromatic N) is 2. The van der Waals surface area contributed by atoms with Crippen LogP contribution in [0.1, 0.15) is 19.3 Å². The van der Waals surface area contributed by atoms with Crippen LogP contribution in [0.5, 0.6) is 0 Å². The fourth-order valence-electron chi connectivity index (χ4n) is 3.00. The minimum Gasteiger partial charge on any atom is -0.366 e. The molecule has 2 rings (SSSR count). The largest absolute Gasteiger partial charge is 0.366 e. The molecule has 0 aromatic rings. The molecule has 86 valence electrons. The summed E-state index contributed by atoms with van der Waals surface area (Å²) in [6.07, 6.45) is 3.98. The van der Waals surface area contributed by atoms with Crippen molar-refractivity contribution in [3.8, 4) is 0 Å². The summed E-state index contributed by atoms with van der Waals surface area (Å²) in [4.78, 5) is 4.86. The van der Waals surface area contributed by atoms with Crippen molar-refractivity contribution in [2.75, 3.05) is 33.7 Å². The fourth-order valence-corrected chi connectivity index (χ4v) is 3.16. The van der Waals surface area contributed by atoms with E-state index in [1.807, 2.05) is 7.05 Å². The van der Waals surface area contributed by atoms with E-state index in [4.69, 9.17) is 12.2 Å². The monoisotopic (exact) mass is 227 g/mol. The molecule has 1 N–H and O–H groups in total. The van der Waals surface area contributed by atoms with Crippen LogP contribution >= 0.6 is 12.2 Å². The highest BCUT2D eigenvalue weighted by atomic mass is 32.1. The number of hydrogen-bond donors (Lipinski definition) is 1. The summed E-state index contributed by atoms with van der Waals surface area (Å²) < 4.78 is 0. The van der Waals surface area contributed by atoms with E-state index in [1.54, 1.807) is 0 Å². The molecule has 2 fully saturated rings. The van der Waals surface area contributed by atoms with Gasteiger partial charge in [0.25, 0.3) is 0 Å². The molecule has 0 amide bonds. The van der Waals surface area contributed by atoms with Crippen LogP contribution in [0, 0.1) is 5.92 Å². The van der Waals surface area contributed by atoms with E-state index in [2.05, 4.69) is 22.2 Å². The summed E-state index contributed by atoms with van der Waals surface area (Å²) in [6, 6.07) is 0.801. The van der Waals surface area contributed by atoms with Gasteiger partial charge in [0, 0.05) is 26.2 Å². The summed E-state index contributed by atoms with van der Waals surface area (Å²) in [6.45, 7) is 3.54. The van der Waals surface area contributed by atoms with Crippen molar-refractivity contribution in [3.05, 3.63) is 0 Å². The highest BCUT2D eigenvalue weighted by Gasteiger charge is 2.34. The molecular formula is C11H21N3S. The molecule has 2 aliphatic heterocycles. The molecule has 2 aliphatic rings. The smallest absolute Gasteiger partial charge is 0.168 e. The van der Waals surface area contributed by atoms with Crippen LogP contribution in [0.2, 0.25) is 0 Å². The van der Waals surface area contributed by atoms with Crippen molar-refractivity contribution >= 4 is 17.3 Å². The van der Waals surface area contributed by atoms with Crippen LogP contribution < -0.4 is 5.32 Å². The Morgan fingerprint density at radius 3 is 2.87 bits per heavy atom. The van der Waals surface area contributed by atoms with Crippen molar-refractivity contribution < 1.29 is 0 Å². The minimum atomic E-state index is 0.801. The van der Waals surface area contributed by atoms with E-state index in [-0.39, 0.29) is 0 Å². The van der Waals surface area contributed by atoms with Crippen LogP contribution in [0.15, 0.2) is 0 Å². The summed E-state index contributed by atoms with van der Waals surface area (Å²) in [5.41, 5.74) is 0. The maximum absolute atomic E-state index is 5.30. The highest BCUT2D eigenvalue weighted by molar-refractivity contribution is 7.80. The van der Waals surface area contributed by atoms with Crippen molar-refractivity contribution in [1.29, 1.82) is 0 Å². The van der Waals surface area contributed by atoms with Gasteiger partial charge in [0.2, 0.25) is 0 Å². The molecule has 0 radical (unpaired) electrons. The predicted octanol–water partition coefficient (Wildman–Crippen LogP) is 0.907. The Hall–Kier alpha value is -0.350. The van der Waals surface area contributed by atoms with E-state index in [0.717, 1.165) is 30.2 Å². The molecule has 15 heavy (non-hydrogen) atoms. The topological polar surface area (TPSA) is 18.5 Å². The van der Waals surface area contributed by atoms with Gasteiger partial charge in [0.05, 0.1) is 0 Å². The summed E-state index contributed by atoms with van der Waals surface area (Å²) in [5, 5.41) is 4.00. The predicted molar refractivity (Wildman–Crippen MR) is 67.0 cm³/mol. The van der Waals surface area contributed by atoms with Crippen LogP contribution in [-0.4, -0.2) is 54.7 Å². The summed E-state index contributed by atoms with van der Waals surface area (Å²) in [5.74, 6) is 0.823. The Morgan fingerprint density at radius 2 is 2.13 bits per heavy atom. The molecule has 0 aliphatic carbocycles. The summed E-state index contributed by atoms with van der Waals surface area (Å²) in [7, 11) is 4.18. The van der Waals surface area contributed by atoms with Gasteiger partial charge in [0.15, 0.2) is 5.11 Å². The van der Waals surface area contributed by atoms with Gasteiger partial charge in [-0.05, 0) is 51.0 Å². The Balaban J connectivity index is 1.96. The first-order valence-corrected chi connectivity index (χ1v) is 6.30. The average Bonchev–Trinajstić information content (AvgIpc) is 2.28. The van der Waals surface area contributed by atoms with Gasteiger partial charge in [0.1, 0.15) is 0 Å². The normalized spacial score (nSPS) is 32.3. The van der Waals surface area contributed by atoms with Crippen LogP contribution in [0.3, 0.4) is 0 Å². The maximum Gasteiger partial charge on any atom is 0.168 e. The molecular weight excluding hydrogens is 206 g/mol. The van der Waals surface area contributed by atoms with Gasteiger partial charge in [-0.2, -0.15) is 0 Å². The molecule has 2 saturated heterocycles. The Morgan fingerprint density at radius 1 is 1.33 bits per heavy atom. The zero-order chi connectivity index (χ0) is 10.8. The van der Waals surface area contributed by atoms with Crippen molar-refractivity contribution in [2.45, 2.75) is 25.3 Å². The number of fused-ring (bicyclic) bond motifs is 1. The second-order valence-corrected chi connectivity index (χ2v) is 5.13. The lowest BCUT2D eigenvalue weighted by Crippen LogP contribution is -2.55. The van der Waals surface area contributed by atoms with Crippen molar-refractivity contribution in [3.63, 3.8) is 0 Å². The molecule has 2 unspecified atom stereocenters. The third-order valence-corrected chi connectivity index (χ3v) is 4.31. The van der Waals surface area contributed by atoms with Gasteiger partial charge in [-0.1, -0.05) is 0 Å². The standard InChI is InChI=1S/C11H21N3S/c1-12-11(15)14-7-5-10-9(8-14)4-3-6-13(10)2/h9-10H,3-8H2,1-2H3,(H,12,15). The SMILES string of the molecule is CNC(=S)N1CCC2C(CCCN2C)C1. The Labute approximate surface area is 97.8 Å². The van der Waals surface area contributed by atoms with Crippen molar-refractivity contribution in [1.82, 2.24) is 15.1 Å². The van der Waals surface area contributed by atoms with E-state index < -0.39 is 0 Å². The number of thiocarbonyl (C=S) groups is 1. The van der Waals surface area contributed by atoms with E-state index in [0.29, 0.717) is 0 Å². The third kappa shape index (κ3) is 2.26. The molecule has 2 atom stereocenters. The average molecular weight is 227 g/mol. The number of rotatable bonds is 0. The second-order valence-electron chi connectivity index (χ2n) is 4.74. The molecule has 3 nitrogen and oxygen atoms in total. The first-order valence-electron chi connectivity index (χ1n) is 5.89. The van der Waals surface area contributed by atoms with Crippen LogP contribution in [-0.2, 0) is 0 Å². The van der Waals surface area contributed by atoms with Gasteiger partial charge in [-0.25, -0.2) is 0 Å². The minimum absolute atomic E-state index is 0.801. The van der Waals surface area contributed by atoms with Crippen LogP contribution in [0.25, 0.3) is 0 Å². The van der Waals surface area contributed by atoms with E-state index in [9.17, 15) is 0 Å². The molecule has 2 heterocycles. The van der Waals surface area contributed by atoms with Gasteiger partial charge < -0.3 is 15.1 Å². The van der Waals surface area contributed by atoms with Gasteiger partial charge in [-0.15, -0.1) is 0 Å². The van der Waals surface area contributed by atoms with E-state index >= 15 is 0 Å². The molecule has 0 aromatic carbocycles. The zero-order valence-corrected chi connectivity index (χ0v) is 10.5. The Kier molecular flexibility index (Phi) is 3.46. The quantitative estimate of drug-likeness (QED) is 0.620. The molecule has 4 heteroatoms. The van der Waals surface area contributed by atoms with Gasteiger partial charge >= 0.3 is 0 Å². The fraction of sp³-hybridized carbons (Fsp3) is 0.909. The zero-order valence-electron chi connectivity index (χ0n) is 9.70. The van der Waals surface area contributed by atoms with E-state index in [1.165, 1.54) is 25.8 Å². The van der Waals surface area contributed by atoms with Crippen LogP contribution in [0.4, 0.5) is 0 Å². The third-order valence-electron chi connectivity index (χ3n) is 3.85. The lowest BCUT2D eigenvalue weighted by Gasteiger charge is -2.46. The highest BCUT2D eigenvalue weighted by Crippen LogP contribution is 2.29. The number of nitrogens with one attached hydrogen (secondary N) is 1. The number of hydrogen-bond acceptors (Lipinski definition) is 2. The number of likely N-dealkylation sites (tertiary alicyclic amines) is 2. The molecule has 0 bridgehead atoms. The molecule has 0 saturated carbocycles. The lowest BCUT2D eigenvalue weighted by molar-refractivity contribution is 0.0631. The Bertz CT molecular complexity index is 244. The first-order chi connectivity index (χ1) is 7.22. The first kappa shape index (κ1) is 11.1. The lowest BCUT2D eigenvalue weighted by atomic mass is 9.84. The second kappa shape index (κ2) is 4.66. The maximum atomic E-state index is 5.30. The number of piperidine rings is 2. The molecule has 0 aromatic heterocycles. The van der Waals surface area contributed by atoms with Crippen molar-refractivity contribution in [2.24, 2.45) is 5.92 Å². The molecule has 0 spiro atoms. The summed E-state index contributed by atoms with van der Waals surface area (Å²) >= 11 is 5.30.